The van der Waals surface area contributed by atoms with E-state index in [0.717, 1.165) is 44.5 Å². The number of hydrogen-bond acceptors (Lipinski definition) is 3. The third kappa shape index (κ3) is 5.72. The molecule has 0 spiro atoms. The molecule has 37 heavy (non-hydrogen) atoms. The molecule has 3 aromatic heterocycles. The van der Waals surface area contributed by atoms with Gasteiger partial charge in [0.2, 0.25) is 0 Å². The monoisotopic (exact) mass is 661 g/mol. The van der Waals surface area contributed by atoms with E-state index < -0.39 is 0 Å². The molecule has 0 saturated carbocycles. The topological polar surface area (TPSA) is 38.9 Å². The van der Waals surface area contributed by atoms with Gasteiger partial charge in [0.1, 0.15) is 5.58 Å². The Morgan fingerprint density at radius 2 is 1.65 bits per heavy atom. The van der Waals surface area contributed by atoms with Crippen molar-refractivity contribution in [2.75, 3.05) is 0 Å². The third-order valence-corrected chi connectivity index (χ3v) is 6.28. The van der Waals surface area contributed by atoms with Gasteiger partial charge in [0.25, 0.3) is 0 Å². The molecule has 0 aliphatic heterocycles. The molecule has 3 nitrogen and oxygen atoms in total. The van der Waals surface area contributed by atoms with E-state index in [2.05, 4.69) is 92.3 Å². The maximum Gasteiger partial charge on any atom is 0.121 e. The number of benzene rings is 3. The largest absolute Gasteiger partial charge is 0.501 e. The predicted molar refractivity (Wildman–Crippen MR) is 148 cm³/mol. The Labute approximate surface area is 232 Å². The second kappa shape index (κ2) is 11.6. The van der Waals surface area contributed by atoms with Gasteiger partial charge in [0.05, 0.1) is 5.58 Å². The summed E-state index contributed by atoms with van der Waals surface area (Å²) in [6.45, 7) is 8.51. The van der Waals surface area contributed by atoms with E-state index in [1.54, 1.807) is 6.20 Å². The van der Waals surface area contributed by atoms with Crippen molar-refractivity contribution in [2.45, 2.75) is 33.6 Å². The third-order valence-electron chi connectivity index (χ3n) is 6.28. The summed E-state index contributed by atoms with van der Waals surface area (Å²) in [6, 6.07) is 33.0. The van der Waals surface area contributed by atoms with Crippen LogP contribution in [0.5, 0.6) is 0 Å². The van der Waals surface area contributed by atoms with Gasteiger partial charge in [-0.15, -0.1) is 53.6 Å². The van der Waals surface area contributed by atoms with Crippen molar-refractivity contribution >= 4 is 21.9 Å². The minimum Gasteiger partial charge on any atom is -0.501 e. The van der Waals surface area contributed by atoms with Gasteiger partial charge in [-0.2, -0.15) is 0 Å². The minimum atomic E-state index is 0. The molecule has 3 heterocycles. The van der Waals surface area contributed by atoms with Crippen molar-refractivity contribution in [3.8, 4) is 22.5 Å². The second-order valence-electron chi connectivity index (χ2n) is 9.27. The number of furan rings is 1. The Bertz CT molecular complexity index is 1620. The molecule has 0 N–H and O–H groups in total. The molecule has 0 unspecified atom stereocenters. The quantitative estimate of drug-likeness (QED) is 0.178. The van der Waals surface area contributed by atoms with Crippen LogP contribution in [0.2, 0.25) is 0 Å². The van der Waals surface area contributed by atoms with E-state index in [4.69, 9.17) is 4.42 Å². The number of fused-ring (bicyclic) bond motifs is 3. The van der Waals surface area contributed by atoms with Gasteiger partial charge < -0.3 is 14.4 Å². The zero-order chi connectivity index (χ0) is 25.1. The van der Waals surface area contributed by atoms with Crippen molar-refractivity contribution < 1.29 is 24.5 Å². The van der Waals surface area contributed by atoms with Crippen LogP contribution in [-0.4, -0.2) is 9.97 Å². The van der Waals surface area contributed by atoms with E-state index in [9.17, 15) is 0 Å². The molecule has 0 atom stereocenters. The first kappa shape index (κ1) is 26.5. The first-order valence-electron chi connectivity index (χ1n) is 12.2. The summed E-state index contributed by atoms with van der Waals surface area (Å²) in [5.74, 6) is 0.486. The number of aromatic nitrogens is 2. The van der Waals surface area contributed by atoms with Crippen molar-refractivity contribution in [2.24, 2.45) is 0 Å². The van der Waals surface area contributed by atoms with Crippen LogP contribution in [0, 0.1) is 26.0 Å². The molecule has 0 bridgehead atoms. The van der Waals surface area contributed by atoms with Crippen molar-refractivity contribution in [3.63, 3.8) is 0 Å². The summed E-state index contributed by atoms with van der Waals surface area (Å²) in [7, 11) is 0. The molecule has 187 valence electrons. The number of rotatable bonds is 3. The average Bonchev–Trinajstić information content (AvgIpc) is 3.28. The van der Waals surface area contributed by atoms with E-state index in [-0.39, 0.29) is 20.1 Å². The molecule has 0 amide bonds. The van der Waals surface area contributed by atoms with Crippen LogP contribution in [-0.2, 0) is 20.1 Å². The van der Waals surface area contributed by atoms with Crippen LogP contribution >= 0.6 is 0 Å². The molecule has 0 fully saturated rings. The van der Waals surface area contributed by atoms with Crippen molar-refractivity contribution in [1.29, 1.82) is 0 Å². The molecule has 0 aliphatic rings. The van der Waals surface area contributed by atoms with Crippen LogP contribution in [0.4, 0.5) is 0 Å². The van der Waals surface area contributed by atoms with Crippen molar-refractivity contribution in [3.05, 3.63) is 120 Å². The zero-order valence-corrected chi connectivity index (χ0v) is 23.8. The minimum absolute atomic E-state index is 0. The van der Waals surface area contributed by atoms with Crippen LogP contribution in [0.3, 0.4) is 0 Å². The van der Waals surface area contributed by atoms with E-state index in [1.807, 2.05) is 42.6 Å². The number of hydrogen-bond donors (Lipinski definition) is 0. The smallest absolute Gasteiger partial charge is 0.121 e. The normalized spacial score (nSPS) is 10.7. The summed E-state index contributed by atoms with van der Waals surface area (Å²) in [5, 5.41) is 2.26. The number of pyridine rings is 2. The van der Waals surface area contributed by atoms with Gasteiger partial charge in [-0.25, -0.2) is 0 Å². The summed E-state index contributed by atoms with van der Waals surface area (Å²) < 4.78 is 6.16. The average molecular weight is 661 g/mol. The number of nitrogens with zero attached hydrogens (tertiary/aromatic N) is 2. The van der Waals surface area contributed by atoms with E-state index >= 15 is 0 Å². The summed E-state index contributed by atoms with van der Waals surface area (Å²) in [6.07, 6.45) is 3.61. The van der Waals surface area contributed by atoms with Crippen LogP contribution in [0.15, 0.2) is 95.7 Å². The maximum absolute atomic E-state index is 6.16. The molecule has 6 rings (SSSR count). The molecule has 4 heteroatoms. The SMILES string of the molecule is CC(C)c1ccc2c(c1)oc1c(-c3ccccn3)[c-]ccc12.Cc1c[c-]c(-c2ncccc2C)cc1.[Ir]. The predicted octanol–water partition coefficient (Wildman–Crippen LogP) is 8.73. The number of aryl methyl sites for hydroxylation is 2. The van der Waals surface area contributed by atoms with Crippen LogP contribution in [0.1, 0.15) is 36.5 Å². The van der Waals surface area contributed by atoms with Gasteiger partial charge in [-0.1, -0.05) is 67.6 Å². The summed E-state index contributed by atoms with van der Waals surface area (Å²) in [5.41, 5.74) is 9.37. The van der Waals surface area contributed by atoms with E-state index in [1.165, 1.54) is 16.7 Å². The van der Waals surface area contributed by atoms with Crippen molar-refractivity contribution in [1.82, 2.24) is 9.97 Å². The second-order valence-corrected chi connectivity index (χ2v) is 9.27. The Balaban J connectivity index is 0.000000186. The first-order valence-corrected chi connectivity index (χ1v) is 12.2. The Hall–Kier alpha value is -3.59. The standard InChI is InChI=1S/C20H16NO.C13H12N.Ir/c1-13(2)14-9-10-15-16-6-5-7-17(18-8-3-4-11-21-18)20(16)22-19(15)12-14;1-10-5-7-12(8-6-10)13-11(2)4-3-9-14-13;/h3-6,8-13H,1-2H3;3-7,9H,1-2H3;/q2*-1;. The molecule has 0 saturated heterocycles. The molecule has 0 aliphatic carbocycles. The molecule has 1 radical (unpaired) electrons. The fourth-order valence-corrected chi connectivity index (χ4v) is 4.24. The van der Waals surface area contributed by atoms with Gasteiger partial charge in [0, 0.05) is 37.9 Å². The van der Waals surface area contributed by atoms with Crippen LogP contribution in [0.25, 0.3) is 44.5 Å². The Morgan fingerprint density at radius 1 is 0.811 bits per heavy atom. The molecule has 3 aromatic carbocycles. The van der Waals surface area contributed by atoms with E-state index in [0.29, 0.717) is 5.92 Å². The Kier molecular flexibility index (Phi) is 8.33. The zero-order valence-electron chi connectivity index (χ0n) is 21.4. The molecular formula is C33H28IrN2O-2. The van der Waals surface area contributed by atoms with Gasteiger partial charge in [0.15, 0.2) is 0 Å². The molecule has 6 aromatic rings. The first-order chi connectivity index (χ1) is 17.5. The van der Waals surface area contributed by atoms with Crippen LogP contribution < -0.4 is 0 Å². The fraction of sp³-hybridized carbons (Fsp3) is 0.152. The fourth-order valence-electron chi connectivity index (χ4n) is 4.24. The Morgan fingerprint density at radius 3 is 2.35 bits per heavy atom. The maximum atomic E-state index is 6.16. The van der Waals surface area contributed by atoms with Gasteiger partial charge in [-0.05, 0) is 48.0 Å². The van der Waals surface area contributed by atoms with Gasteiger partial charge in [-0.3, -0.25) is 0 Å². The van der Waals surface area contributed by atoms with Gasteiger partial charge >= 0.3 is 0 Å². The summed E-state index contributed by atoms with van der Waals surface area (Å²) >= 11 is 0. The molecular weight excluding hydrogens is 633 g/mol. The summed E-state index contributed by atoms with van der Waals surface area (Å²) in [4.78, 5) is 8.77.